The average molecular weight is 739 g/mol. The number of allylic oxidation sites excluding steroid dienone is 6. The third kappa shape index (κ3) is 6.31. The van der Waals surface area contributed by atoms with Gasteiger partial charge in [-0.2, -0.15) is 4.57 Å². The standard InChI is InChI=1S/C40H36ClN2O2.HI/c1-3-42-34-26-32(28-12-7-5-8-13-28)18-22-36(34)44-38(42)24-20-30-16-11-17-31(40(30)41)21-25-39-43(4-2)35-27-33(19-23-37(35)45-39)29-14-9-6-10-15-29;/h5-10,12-15,18-27H,3-4,11,16-17H2,1-2H3;1H/q+1;/p-1. The van der Waals surface area contributed by atoms with Crippen molar-refractivity contribution in [1.29, 1.82) is 0 Å². The number of aromatic nitrogens is 1. The van der Waals surface area contributed by atoms with Gasteiger partial charge in [0.15, 0.2) is 5.75 Å². The minimum atomic E-state index is 0. The van der Waals surface area contributed by atoms with Crippen LogP contribution in [0.5, 0.6) is 5.75 Å². The Kier molecular flexibility index (Phi) is 9.81. The van der Waals surface area contributed by atoms with Crippen LogP contribution in [0.2, 0.25) is 0 Å². The lowest BCUT2D eigenvalue weighted by atomic mass is 9.94. The van der Waals surface area contributed by atoms with Gasteiger partial charge in [-0.3, -0.25) is 0 Å². The number of fused-ring (bicyclic) bond motifs is 2. The number of rotatable bonds is 7. The topological polar surface area (TPSA) is 29.5 Å². The lowest BCUT2D eigenvalue weighted by Gasteiger charge is -2.18. The zero-order chi connectivity index (χ0) is 30.8. The lowest BCUT2D eigenvalue weighted by Crippen LogP contribution is -3.00. The summed E-state index contributed by atoms with van der Waals surface area (Å²) in [5, 5.41) is 0.810. The smallest absolute Gasteiger partial charge is 0.374 e. The van der Waals surface area contributed by atoms with Crippen LogP contribution in [-0.4, -0.2) is 6.54 Å². The van der Waals surface area contributed by atoms with Gasteiger partial charge in [-0.25, -0.2) is 0 Å². The summed E-state index contributed by atoms with van der Waals surface area (Å²) < 4.78 is 14.8. The van der Waals surface area contributed by atoms with E-state index in [1.54, 1.807) is 0 Å². The van der Waals surface area contributed by atoms with Gasteiger partial charge in [-0.05, 0) is 96.9 Å². The van der Waals surface area contributed by atoms with Gasteiger partial charge in [0.1, 0.15) is 6.54 Å². The van der Waals surface area contributed by atoms with Crippen LogP contribution in [-0.2, 0) is 6.54 Å². The Labute approximate surface area is 293 Å². The molecule has 7 rings (SSSR count). The molecule has 232 valence electrons. The third-order valence-electron chi connectivity index (χ3n) is 8.62. The SMILES string of the molecule is CCN1/C(=C/C=C2\CCCC(/C=C/c3oc4ccc(-c5ccccc5)cc4[n+]3CC)=C2Cl)Oc2ccc(-c3ccccc3)cc21.[I-]. The second kappa shape index (κ2) is 14.1. The zero-order valence-electron chi connectivity index (χ0n) is 26.0. The lowest BCUT2D eigenvalue weighted by molar-refractivity contribution is -0.674. The summed E-state index contributed by atoms with van der Waals surface area (Å²) >= 11 is 7.03. The average Bonchev–Trinajstić information content (AvgIpc) is 3.64. The van der Waals surface area contributed by atoms with Gasteiger partial charge < -0.3 is 38.0 Å². The van der Waals surface area contributed by atoms with E-state index in [-0.39, 0.29) is 24.0 Å². The molecule has 0 spiro atoms. The number of anilines is 1. The number of halogens is 2. The number of hydrogen-bond acceptors (Lipinski definition) is 3. The summed E-state index contributed by atoms with van der Waals surface area (Å²) in [4.78, 5) is 2.22. The zero-order valence-corrected chi connectivity index (χ0v) is 29.0. The fraction of sp³-hybridized carbons (Fsp3) is 0.175. The summed E-state index contributed by atoms with van der Waals surface area (Å²) in [7, 11) is 0. The van der Waals surface area contributed by atoms with E-state index in [0.717, 1.165) is 82.8 Å². The minimum absolute atomic E-state index is 0. The molecule has 46 heavy (non-hydrogen) atoms. The molecule has 2 aliphatic rings. The molecule has 1 aromatic heterocycles. The molecule has 0 saturated heterocycles. The van der Waals surface area contributed by atoms with Crippen LogP contribution in [0.3, 0.4) is 0 Å². The molecule has 0 N–H and O–H groups in total. The Morgan fingerprint density at radius 1 is 0.783 bits per heavy atom. The molecule has 0 amide bonds. The highest BCUT2D eigenvalue weighted by Gasteiger charge is 2.26. The van der Waals surface area contributed by atoms with E-state index in [4.69, 9.17) is 20.8 Å². The molecule has 1 aliphatic carbocycles. The van der Waals surface area contributed by atoms with Gasteiger partial charge in [-0.1, -0.05) is 90.5 Å². The molecular weight excluding hydrogens is 703 g/mol. The Hall–Kier alpha value is -4.07. The maximum absolute atomic E-state index is 7.03. The number of benzene rings is 4. The maximum Gasteiger partial charge on any atom is 0.374 e. The van der Waals surface area contributed by atoms with E-state index in [0.29, 0.717) is 0 Å². The summed E-state index contributed by atoms with van der Waals surface area (Å²) in [6, 6.07) is 33.7. The molecule has 0 bridgehead atoms. The Bertz CT molecular complexity index is 1990. The van der Waals surface area contributed by atoms with E-state index in [2.05, 4.69) is 133 Å². The van der Waals surface area contributed by atoms with Crippen LogP contribution >= 0.6 is 11.6 Å². The molecule has 5 aromatic rings. The van der Waals surface area contributed by atoms with Crippen molar-refractivity contribution in [2.75, 3.05) is 11.4 Å². The van der Waals surface area contributed by atoms with Crippen LogP contribution in [0, 0.1) is 0 Å². The van der Waals surface area contributed by atoms with Crippen molar-refractivity contribution in [2.24, 2.45) is 0 Å². The predicted octanol–water partition coefficient (Wildman–Crippen LogP) is 7.45. The predicted molar refractivity (Wildman–Crippen MR) is 185 cm³/mol. The van der Waals surface area contributed by atoms with Crippen LogP contribution in [0.25, 0.3) is 39.4 Å². The second-order valence-electron chi connectivity index (χ2n) is 11.4. The Morgan fingerprint density at radius 2 is 1.48 bits per heavy atom. The highest BCUT2D eigenvalue weighted by Crippen LogP contribution is 2.42. The van der Waals surface area contributed by atoms with Gasteiger partial charge in [0.05, 0.1) is 11.8 Å². The Balaban J connectivity index is 0.00000372. The van der Waals surface area contributed by atoms with Crippen LogP contribution < -0.4 is 38.2 Å². The van der Waals surface area contributed by atoms with E-state index >= 15 is 0 Å². The highest BCUT2D eigenvalue weighted by atomic mass is 127. The van der Waals surface area contributed by atoms with Gasteiger partial charge in [0.25, 0.3) is 5.52 Å². The number of aryl methyl sites for hydroxylation is 1. The fourth-order valence-electron chi connectivity index (χ4n) is 6.27. The minimum Gasteiger partial charge on any atom is -1.00 e. The van der Waals surface area contributed by atoms with Gasteiger partial charge in [-0.15, -0.1) is 0 Å². The van der Waals surface area contributed by atoms with Crippen molar-refractivity contribution < 1.29 is 37.7 Å². The molecule has 2 heterocycles. The number of ether oxygens (including phenoxy) is 1. The first-order valence-corrected chi connectivity index (χ1v) is 16.2. The molecule has 0 fully saturated rings. The van der Waals surface area contributed by atoms with Crippen molar-refractivity contribution in [3.8, 4) is 28.0 Å². The fourth-order valence-corrected chi connectivity index (χ4v) is 6.59. The van der Waals surface area contributed by atoms with E-state index in [1.807, 2.05) is 12.1 Å². The molecule has 1 aliphatic heterocycles. The highest BCUT2D eigenvalue weighted by molar-refractivity contribution is 6.32. The number of hydrogen-bond donors (Lipinski definition) is 0. The van der Waals surface area contributed by atoms with Gasteiger partial charge >= 0.3 is 5.89 Å². The largest absolute Gasteiger partial charge is 1.00 e. The van der Waals surface area contributed by atoms with Crippen molar-refractivity contribution in [3.05, 3.63) is 143 Å². The van der Waals surface area contributed by atoms with Crippen molar-refractivity contribution >= 4 is 34.5 Å². The number of oxazole rings is 1. The van der Waals surface area contributed by atoms with Crippen LogP contribution in [0.4, 0.5) is 5.69 Å². The molecule has 4 aromatic carbocycles. The van der Waals surface area contributed by atoms with E-state index in [1.165, 1.54) is 22.3 Å². The first kappa shape index (κ1) is 31.9. The van der Waals surface area contributed by atoms with Crippen molar-refractivity contribution in [2.45, 2.75) is 39.7 Å². The molecule has 0 radical (unpaired) electrons. The first-order chi connectivity index (χ1) is 22.1. The molecule has 0 saturated carbocycles. The monoisotopic (exact) mass is 738 g/mol. The molecular formula is C40H36ClIN2O2. The van der Waals surface area contributed by atoms with Crippen molar-refractivity contribution in [1.82, 2.24) is 0 Å². The summed E-state index contributed by atoms with van der Waals surface area (Å²) in [5.41, 5.74) is 10.0. The van der Waals surface area contributed by atoms with Gasteiger partial charge in [0, 0.05) is 17.6 Å². The molecule has 0 atom stereocenters. The van der Waals surface area contributed by atoms with Crippen LogP contribution in [0.1, 0.15) is 39.0 Å². The van der Waals surface area contributed by atoms with E-state index in [9.17, 15) is 0 Å². The van der Waals surface area contributed by atoms with Crippen molar-refractivity contribution in [3.63, 3.8) is 0 Å². The second-order valence-corrected chi connectivity index (χ2v) is 11.7. The van der Waals surface area contributed by atoms with E-state index < -0.39 is 0 Å². The number of nitrogens with zero attached hydrogens (tertiary/aromatic N) is 2. The van der Waals surface area contributed by atoms with Gasteiger partial charge in [0.2, 0.25) is 11.5 Å². The summed E-state index contributed by atoms with van der Waals surface area (Å²) in [6.45, 7) is 5.90. The molecule has 6 heteroatoms. The third-order valence-corrected chi connectivity index (χ3v) is 9.10. The molecule has 0 unspecified atom stereocenters. The quantitative estimate of drug-likeness (QED) is 0.128. The molecule has 4 nitrogen and oxygen atoms in total. The first-order valence-electron chi connectivity index (χ1n) is 15.8. The maximum atomic E-state index is 7.03. The normalized spacial score (nSPS) is 16.4. The summed E-state index contributed by atoms with van der Waals surface area (Å²) in [6.07, 6.45) is 11.3. The Morgan fingerprint density at radius 3 is 2.17 bits per heavy atom. The van der Waals surface area contributed by atoms with Crippen LogP contribution in [0.15, 0.2) is 142 Å². The summed E-state index contributed by atoms with van der Waals surface area (Å²) in [5.74, 6) is 2.51.